The topological polar surface area (TPSA) is 154 Å². The molecular weight excluding hydrogens is 492 g/mol. The lowest BCUT2D eigenvalue weighted by Gasteiger charge is -2.31. The summed E-state index contributed by atoms with van der Waals surface area (Å²) in [5.41, 5.74) is -2.71. The Morgan fingerprint density at radius 3 is 1.58 bits per heavy atom. The Kier molecular flexibility index (Phi) is 18.3. The van der Waals surface area contributed by atoms with Gasteiger partial charge in [0.15, 0.2) is 5.76 Å². The van der Waals surface area contributed by atoms with Gasteiger partial charge in [-0.1, -0.05) is 116 Å². The van der Waals surface area contributed by atoms with Crippen molar-refractivity contribution in [3.8, 4) is 0 Å². The highest BCUT2D eigenvalue weighted by atomic mass is 16.6. The van der Waals surface area contributed by atoms with Crippen LogP contribution >= 0.6 is 0 Å². The van der Waals surface area contributed by atoms with Crippen LogP contribution in [-0.2, 0) is 19.1 Å². The van der Waals surface area contributed by atoms with Crippen LogP contribution in [0.2, 0.25) is 0 Å². The first-order chi connectivity index (χ1) is 18.4. The summed E-state index contributed by atoms with van der Waals surface area (Å²) in [7, 11) is 0. The van der Waals surface area contributed by atoms with Crippen molar-refractivity contribution in [2.45, 2.75) is 140 Å². The number of hydrogen-bond donors (Lipinski definition) is 5. The zero-order chi connectivity index (χ0) is 28.2. The highest BCUT2D eigenvalue weighted by molar-refractivity contribution is 6.03. The summed E-state index contributed by atoms with van der Waals surface area (Å²) in [5.74, 6) is -4.18. The molecule has 9 heteroatoms. The second kappa shape index (κ2) is 20.3. The van der Waals surface area contributed by atoms with Gasteiger partial charge in [0, 0.05) is 0 Å². The number of hydrogen-bond acceptors (Lipinski definition) is 9. The molecule has 0 spiro atoms. The van der Waals surface area contributed by atoms with Gasteiger partial charge in [0.25, 0.3) is 5.60 Å². The lowest BCUT2D eigenvalue weighted by atomic mass is 9.87. The number of carbonyl (C=O) groups is 2. The molecule has 0 radical (unpaired) electrons. The maximum atomic E-state index is 12.4. The third-order valence-electron chi connectivity index (χ3n) is 7.23. The molecule has 0 amide bonds. The van der Waals surface area contributed by atoms with Crippen LogP contribution in [0.15, 0.2) is 11.5 Å². The Bertz CT molecular complexity index is 694. The molecule has 0 fully saturated rings. The highest BCUT2D eigenvalue weighted by Crippen LogP contribution is 2.36. The van der Waals surface area contributed by atoms with E-state index in [1.54, 1.807) is 0 Å². The molecule has 222 valence electrons. The predicted octanol–water partition coefficient (Wildman–Crippen LogP) is 4.39. The molecule has 0 saturated heterocycles. The third kappa shape index (κ3) is 11.2. The molecule has 1 aliphatic heterocycles. The Morgan fingerprint density at radius 2 is 1.18 bits per heavy atom. The molecule has 1 unspecified atom stereocenters. The number of ether oxygens (including phenoxy) is 2. The minimum atomic E-state index is -2.71. The predicted molar refractivity (Wildman–Crippen MR) is 144 cm³/mol. The highest BCUT2D eigenvalue weighted by Gasteiger charge is 2.61. The van der Waals surface area contributed by atoms with Gasteiger partial charge in [-0.3, -0.25) is 4.79 Å². The van der Waals surface area contributed by atoms with E-state index < -0.39 is 54.3 Å². The Morgan fingerprint density at radius 1 is 0.763 bits per heavy atom. The summed E-state index contributed by atoms with van der Waals surface area (Å²) in [6, 6.07) is 0. The summed E-state index contributed by atoms with van der Waals surface area (Å²) in [4.78, 5) is 24.6. The molecule has 9 nitrogen and oxygen atoms in total. The second-order valence-electron chi connectivity index (χ2n) is 10.4. The number of unbranched alkanes of at least 4 members (excludes halogenated alkanes) is 17. The summed E-state index contributed by atoms with van der Waals surface area (Å²) in [6.07, 6.45) is 18.3. The molecule has 3 atom stereocenters. The minimum absolute atomic E-state index is 0.0925. The maximum Gasteiger partial charge on any atom is 0.378 e. The number of aliphatic hydroxyl groups excluding tert-OH is 5. The number of cyclic esters (lactones) is 1. The van der Waals surface area contributed by atoms with E-state index in [9.17, 15) is 30.0 Å². The summed E-state index contributed by atoms with van der Waals surface area (Å²) in [6.45, 7) is 0.298. The maximum absolute atomic E-state index is 12.4. The van der Waals surface area contributed by atoms with E-state index in [1.165, 1.54) is 89.9 Å². The van der Waals surface area contributed by atoms with Crippen LogP contribution in [0.4, 0.5) is 0 Å². The van der Waals surface area contributed by atoms with Crippen molar-refractivity contribution in [1.82, 2.24) is 0 Å². The SMILES string of the molecule is CCCCCCCCCCCCCCCCCCCCOC1=C(O)[C@@](C(=O)C(O)CO)([C@@H](O)CO)OC1=O. The summed E-state index contributed by atoms with van der Waals surface area (Å²) in [5, 5.41) is 48.5. The lowest BCUT2D eigenvalue weighted by Crippen LogP contribution is -2.57. The first kappa shape index (κ1) is 34.3. The van der Waals surface area contributed by atoms with Crippen molar-refractivity contribution in [3.63, 3.8) is 0 Å². The number of esters is 1. The van der Waals surface area contributed by atoms with E-state index in [4.69, 9.17) is 14.6 Å². The van der Waals surface area contributed by atoms with Crippen LogP contribution in [0.25, 0.3) is 0 Å². The van der Waals surface area contributed by atoms with Gasteiger partial charge >= 0.3 is 5.97 Å². The molecule has 1 aliphatic rings. The number of rotatable bonds is 25. The molecule has 1 heterocycles. The number of ketones is 1. The molecule has 0 aromatic heterocycles. The van der Waals surface area contributed by atoms with Crippen molar-refractivity contribution < 1.29 is 44.6 Å². The number of Topliss-reactive ketones (excluding diaryl/α,β-unsaturated/α-hetero) is 1. The van der Waals surface area contributed by atoms with Crippen molar-refractivity contribution in [1.29, 1.82) is 0 Å². The van der Waals surface area contributed by atoms with E-state index in [-0.39, 0.29) is 6.61 Å². The van der Waals surface area contributed by atoms with E-state index >= 15 is 0 Å². The fourth-order valence-electron chi connectivity index (χ4n) is 4.83. The Balaban J connectivity index is 2.15. The van der Waals surface area contributed by atoms with Crippen molar-refractivity contribution in [2.75, 3.05) is 19.8 Å². The molecule has 0 aromatic carbocycles. The fourth-order valence-corrected chi connectivity index (χ4v) is 4.83. The quantitative estimate of drug-likeness (QED) is 0.0832. The van der Waals surface area contributed by atoms with Gasteiger partial charge in [-0.25, -0.2) is 4.79 Å². The molecule has 1 rings (SSSR count). The monoisotopic (exact) mass is 544 g/mol. The van der Waals surface area contributed by atoms with Crippen molar-refractivity contribution in [2.24, 2.45) is 0 Å². The van der Waals surface area contributed by atoms with E-state index in [2.05, 4.69) is 6.92 Å². The van der Waals surface area contributed by atoms with Gasteiger partial charge < -0.3 is 35.0 Å². The van der Waals surface area contributed by atoms with Crippen LogP contribution in [0, 0.1) is 0 Å². The zero-order valence-corrected chi connectivity index (χ0v) is 23.4. The number of aliphatic hydroxyl groups is 5. The average molecular weight is 545 g/mol. The van der Waals surface area contributed by atoms with Gasteiger partial charge in [-0.15, -0.1) is 0 Å². The average Bonchev–Trinajstić information content (AvgIpc) is 3.18. The fraction of sp³-hybridized carbons (Fsp3) is 0.862. The number of carbonyl (C=O) groups excluding carboxylic acids is 2. The third-order valence-corrected chi connectivity index (χ3v) is 7.23. The van der Waals surface area contributed by atoms with Crippen LogP contribution in [0.1, 0.15) is 122 Å². The van der Waals surface area contributed by atoms with Gasteiger partial charge in [0.1, 0.15) is 12.2 Å². The molecule has 38 heavy (non-hydrogen) atoms. The van der Waals surface area contributed by atoms with Crippen LogP contribution in [0.5, 0.6) is 0 Å². The Labute approximate surface area is 228 Å². The van der Waals surface area contributed by atoms with E-state index in [1.807, 2.05) is 0 Å². The first-order valence-corrected chi connectivity index (χ1v) is 14.8. The van der Waals surface area contributed by atoms with Gasteiger partial charge in [0.05, 0.1) is 19.8 Å². The molecule has 0 aromatic rings. The largest absolute Gasteiger partial charge is 0.504 e. The smallest absolute Gasteiger partial charge is 0.378 e. The zero-order valence-electron chi connectivity index (χ0n) is 23.4. The van der Waals surface area contributed by atoms with E-state index in [0.717, 1.165) is 19.3 Å². The minimum Gasteiger partial charge on any atom is -0.504 e. The molecule has 0 bridgehead atoms. The lowest BCUT2D eigenvalue weighted by molar-refractivity contribution is -0.178. The second-order valence-corrected chi connectivity index (χ2v) is 10.4. The van der Waals surface area contributed by atoms with Crippen molar-refractivity contribution in [3.05, 3.63) is 11.5 Å². The van der Waals surface area contributed by atoms with Crippen LogP contribution in [0.3, 0.4) is 0 Å². The normalized spacial score (nSPS) is 19.0. The molecule has 5 N–H and O–H groups in total. The van der Waals surface area contributed by atoms with Crippen LogP contribution < -0.4 is 0 Å². The molecule has 0 saturated carbocycles. The summed E-state index contributed by atoms with van der Waals surface area (Å²) >= 11 is 0. The van der Waals surface area contributed by atoms with E-state index in [0.29, 0.717) is 6.42 Å². The van der Waals surface area contributed by atoms with Crippen LogP contribution in [-0.4, -0.2) is 74.9 Å². The van der Waals surface area contributed by atoms with Crippen molar-refractivity contribution >= 4 is 11.8 Å². The molecule has 0 aliphatic carbocycles. The van der Waals surface area contributed by atoms with Gasteiger partial charge in [0.2, 0.25) is 11.5 Å². The molecular formula is C29H52O9. The van der Waals surface area contributed by atoms with Gasteiger partial charge in [-0.05, 0) is 6.42 Å². The van der Waals surface area contributed by atoms with Gasteiger partial charge in [-0.2, -0.15) is 0 Å². The first-order valence-electron chi connectivity index (χ1n) is 14.8. The Hall–Kier alpha value is -1.68. The standard InChI is InChI=1S/C29H52O9/c1-2-3-4-5-6-7-8-9-10-11-12-13-14-15-16-17-18-19-20-37-25-27(35)29(24(33)22-31,38-28(25)36)26(34)23(32)21-30/h23-24,30-33,35H,2-22H2,1H3/t23?,24-,29-/m0/s1. The summed E-state index contributed by atoms with van der Waals surface area (Å²) < 4.78 is 10.2.